The number of sulfonamides is 1. The van der Waals surface area contributed by atoms with Crippen molar-refractivity contribution in [2.45, 2.75) is 62.7 Å². The molecule has 3 heterocycles. The highest BCUT2D eigenvalue weighted by Crippen LogP contribution is 2.33. The van der Waals surface area contributed by atoms with Crippen molar-refractivity contribution in [2.75, 3.05) is 48.4 Å². The molecule has 3 rings (SSSR count). The topological polar surface area (TPSA) is 270 Å². The number of unbranched alkanes of at least 4 members (excludes halogenated alkanes) is 2. The smallest absolute Gasteiger partial charge is 0.320 e. The number of carboxylic acid groups (broad SMARTS) is 1. The van der Waals surface area contributed by atoms with E-state index in [1.54, 1.807) is 0 Å². The van der Waals surface area contributed by atoms with Crippen LogP contribution in [0.4, 0.5) is 11.8 Å². The first kappa shape index (κ1) is 33.7. The molecular weight excluding hydrogens is 594 g/mol. The van der Waals surface area contributed by atoms with Crippen LogP contribution in [0.2, 0.25) is 0 Å². The first-order valence-corrected chi connectivity index (χ1v) is 16.4. The van der Waals surface area contributed by atoms with E-state index in [1.807, 2.05) is 0 Å². The van der Waals surface area contributed by atoms with Gasteiger partial charge in [0.15, 0.2) is 17.7 Å². The summed E-state index contributed by atoms with van der Waals surface area (Å²) in [6, 6.07) is -0.971. The minimum absolute atomic E-state index is 0.0885. The second-order valence-electron chi connectivity index (χ2n) is 9.87. The highest BCUT2D eigenvalue weighted by molar-refractivity contribution is 7.99. The van der Waals surface area contributed by atoms with Gasteiger partial charge in [0.2, 0.25) is 21.9 Å². The number of amides is 1. The van der Waals surface area contributed by atoms with E-state index in [-0.39, 0.29) is 35.3 Å². The van der Waals surface area contributed by atoms with Gasteiger partial charge < -0.3 is 42.2 Å². The van der Waals surface area contributed by atoms with Crippen LogP contribution >= 0.6 is 11.8 Å². The van der Waals surface area contributed by atoms with Crippen LogP contribution in [-0.4, -0.2) is 117 Å². The van der Waals surface area contributed by atoms with Gasteiger partial charge in [0.25, 0.3) is 0 Å². The summed E-state index contributed by atoms with van der Waals surface area (Å²) < 4.78 is 31.9. The van der Waals surface area contributed by atoms with Gasteiger partial charge >= 0.3 is 5.97 Å². The number of aromatic nitrogens is 4. The number of carbonyl (C=O) groups excluding carboxylic acids is 1. The summed E-state index contributed by atoms with van der Waals surface area (Å²) in [6.45, 7) is 0.937. The van der Waals surface area contributed by atoms with Gasteiger partial charge in [0.1, 0.15) is 23.8 Å². The summed E-state index contributed by atoms with van der Waals surface area (Å²) in [5.41, 5.74) is 12.1. The van der Waals surface area contributed by atoms with Gasteiger partial charge in [-0.3, -0.25) is 14.2 Å². The van der Waals surface area contributed by atoms with Crippen LogP contribution < -0.4 is 26.8 Å². The number of nitrogens with one attached hydrogen (secondary N) is 3. The number of fused-ring (bicyclic) bond motifs is 1. The number of rotatable bonds is 18. The Balaban J connectivity index is 1.48. The third-order valence-corrected chi connectivity index (χ3v) is 8.22. The third kappa shape index (κ3) is 9.89. The first-order chi connectivity index (χ1) is 19.9. The molecule has 0 spiro atoms. The molecule has 19 heteroatoms. The van der Waals surface area contributed by atoms with E-state index in [2.05, 4.69) is 30.3 Å². The van der Waals surface area contributed by atoms with Crippen LogP contribution in [0.5, 0.6) is 0 Å². The van der Waals surface area contributed by atoms with Crippen LogP contribution in [0.3, 0.4) is 0 Å². The lowest BCUT2D eigenvalue weighted by atomic mass is 10.1. The van der Waals surface area contributed by atoms with Gasteiger partial charge in [0, 0.05) is 31.8 Å². The quantitative estimate of drug-likeness (QED) is 0.0841. The minimum atomic E-state index is -3.20. The van der Waals surface area contributed by atoms with E-state index in [0.29, 0.717) is 56.8 Å². The van der Waals surface area contributed by atoms with Crippen molar-refractivity contribution >= 4 is 56.6 Å². The van der Waals surface area contributed by atoms with E-state index in [9.17, 15) is 28.2 Å². The van der Waals surface area contributed by atoms with Gasteiger partial charge in [0.05, 0.1) is 18.7 Å². The number of nitrogen functional groups attached to an aromatic ring is 1. The highest BCUT2D eigenvalue weighted by atomic mass is 32.2. The molecule has 10 N–H and O–H groups in total. The standard InChI is InChI=1S/C23H39N9O8S2/c1-42(38,39)29-7-4-2-3-5-15(33)26-8-9-27-23-30-19(25)16-20(31-23)32(12-28-16)21-18(35)17(34)14(40-21)11-41-10-6-13(24)22(36)37/h12-14,17-18,21,29,34-35H,2-11,24H2,1H3,(H,26,33)(H,36,37)(H3,25,27,30,31)/t13-,14+,17+,18+,21+/m0/s1. The number of thioether (sulfide) groups is 1. The van der Waals surface area contributed by atoms with Gasteiger partial charge in [-0.1, -0.05) is 6.42 Å². The van der Waals surface area contributed by atoms with Crippen LogP contribution in [0.15, 0.2) is 6.33 Å². The van der Waals surface area contributed by atoms with E-state index in [4.69, 9.17) is 21.3 Å². The fraction of sp³-hybridized carbons (Fsp3) is 0.696. The average Bonchev–Trinajstić information content (AvgIpc) is 3.46. The summed E-state index contributed by atoms with van der Waals surface area (Å²) in [7, 11) is -3.20. The lowest BCUT2D eigenvalue weighted by molar-refractivity contribution is -0.138. The summed E-state index contributed by atoms with van der Waals surface area (Å²) >= 11 is 1.36. The summed E-state index contributed by atoms with van der Waals surface area (Å²) in [6.07, 6.45) is 0.847. The Morgan fingerprint density at radius 1 is 1.17 bits per heavy atom. The molecule has 1 amide bonds. The number of anilines is 2. The van der Waals surface area contributed by atoms with Gasteiger partial charge in [-0.25, -0.2) is 18.1 Å². The Bertz CT molecular complexity index is 1310. The largest absolute Gasteiger partial charge is 0.480 e. The molecule has 1 aliphatic heterocycles. The molecule has 1 saturated heterocycles. The Labute approximate surface area is 247 Å². The van der Waals surface area contributed by atoms with E-state index in [1.165, 1.54) is 22.7 Å². The fourth-order valence-electron chi connectivity index (χ4n) is 4.14. The maximum atomic E-state index is 12.1. The van der Waals surface area contributed by atoms with Crippen molar-refractivity contribution in [1.82, 2.24) is 29.6 Å². The fourth-order valence-corrected chi connectivity index (χ4v) is 5.75. The lowest BCUT2D eigenvalue weighted by Gasteiger charge is -2.17. The molecule has 236 valence electrons. The summed E-state index contributed by atoms with van der Waals surface area (Å²) in [5, 5.41) is 35.9. The Kier molecular flexibility index (Phi) is 12.5. The summed E-state index contributed by atoms with van der Waals surface area (Å²) in [5.74, 6) is -0.205. The number of nitrogens with zero attached hydrogens (tertiary/aromatic N) is 4. The zero-order chi connectivity index (χ0) is 30.9. The van der Waals surface area contributed by atoms with E-state index in [0.717, 1.165) is 6.26 Å². The number of carbonyl (C=O) groups is 2. The highest BCUT2D eigenvalue weighted by Gasteiger charge is 2.44. The maximum absolute atomic E-state index is 12.1. The Morgan fingerprint density at radius 3 is 2.64 bits per heavy atom. The molecule has 0 bridgehead atoms. The predicted molar refractivity (Wildman–Crippen MR) is 156 cm³/mol. The first-order valence-electron chi connectivity index (χ1n) is 13.4. The average molecular weight is 634 g/mol. The normalized spacial score (nSPS) is 21.4. The van der Waals surface area contributed by atoms with Gasteiger partial charge in [-0.2, -0.15) is 21.7 Å². The number of aliphatic hydroxyl groups is 2. The zero-order valence-corrected chi connectivity index (χ0v) is 24.8. The van der Waals surface area contributed by atoms with E-state index >= 15 is 0 Å². The number of hydrogen-bond donors (Lipinski definition) is 8. The van der Waals surface area contributed by atoms with Crippen molar-refractivity contribution in [3.05, 3.63) is 6.33 Å². The van der Waals surface area contributed by atoms with Crippen LogP contribution in [0.25, 0.3) is 11.2 Å². The zero-order valence-electron chi connectivity index (χ0n) is 23.2. The second-order valence-corrected chi connectivity index (χ2v) is 12.8. The SMILES string of the molecule is CS(=O)(=O)NCCCCCC(=O)NCCNc1nc(N)c2ncn([C@@H]3O[C@H](CSCC[C@H](N)C(=O)O)[C@@H](O)[C@H]3O)c2n1. The molecule has 42 heavy (non-hydrogen) atoms. The van der Waals surface area contributed by atoms with Gasteiger partial charge in [-0.05, 0) is 25.0 Å². The van der Waals surface area contributed by atoms with Crippen molar-refractivity contribution < 1.29 is 38.1 Å². The molecule has 2 aromatic rings. The number of nitrogens with two attached hydrogens (primary N) is 2. The molecule has 0 radical (unpaired) electrons. The van der Waals surface area contributed by atoms with E-state index < -0.39 is 46.6 Å². The summed E-state index contributed by atoms with van der Waals surface area (Å²) in [4.78, 5) is 35.8. The molecule has 17 nitrogen and oxygen atoms in total. The lowest BCUT2D eigenvalue weighted by Crippen LogP contribution is -2.33. The predicted octanol–water partition coefficient (Wildman–Crippen LogP) is -1.80. The third-order valence-electron chi connectivity index (χ3n) is 6.41. The molecule has 1 aliphatic rings. The van der Waals surface area contributed by atoms with Crippen molar-refractivity contribution in [1.29, 1.82) is 0 Å². The molecule has 1 fully saturated rings. The number of imidazole rings is 1. The number of ether oxygens (including phenoxy) is 1. The number of aliphatic carboxylic acids is 1. The van der Waals surface area contributed by atoms with Crippen molar-refractivity contribution in [3.8, 4) is 0 Å². The second kappa shape index (κ2) is 15.6. The number of aliphatic hydroxyl groups excluding tert-OH is 2. The Hall–Kier alpha value is -2.81. The minimum Gasteiger partial charge on any atom is -0.480 e. The van der Waals surface area contributed by atoms with Gasteiger partial charge in [-0.15, -0.1) is 0 Å². The molecule has 0 aromatic carbocycles. The van der Waals surface area contributed by atoms with Crippen LogP contribution in [0.1, 0.15) is 38.3 Å². The maximum Gasteiger partial charge on any atom is 0.320 e. The molecule has 5 atom stereocenters. The van der Waals surface area contributed by atoms with Crippen LogP contribution in [0, 0.1) is 0 Å². The molecule has 0 aliphatic carbocycles. The van der Waals surface area contributed by atoms with Crippen molar-refractivity contribution in [2.24, 2.45) is 5.73 Å². The number of carboxylic acids is 1. The molecular formula is C23H39N9O8S2. The van der Waals surface area contributed by atoms with Crippen LogP contribution in [-0.2, 0) is 24.3 Å². The molecule has 2 aromatic heterocycles. The monoisotopic (exact) mass is 633 g/mol. The molecule has 0 saturated carbocycles. The molecule has 0 unspecified atom stereocenters. The number of hydrogen-bond acceptors (Lipinski definition) is 14. The van der Waals surface area contributed by atoms with Crippen molar-refractivity contribution in [3.63, 3.8) is 0 Å². The Morgan fingerprint density at radius 2 is 1.93 bits per heavy atom.